The molecule has 4 nitrogen and oxygen atoms in total. The molecule has 0 spiro atoms. The van der Waals surface area contributed by atoms with E-state index in [0.29, 0.717) is 11.6 Å². The van der Waals surface area contributed by atoms with Gasteiger partial charge in [-0.15, -0.1) is 0 Å². The molecule has 0 aromatic heterocycles. The highest BCUT2D eigenvalue weighted by atomic mass is 35.5. The average molecular weight is 366 g/mol. The van der Waals surface area contributed by atoms with E-state index >= 15 is 0 Å². The molecule has 0 saturated heterocycles. The first-order valence-electron chi connectivity index (χ1n) is 7.36. The van der Waals surface area contributed by atoms with Gasteiger partial charge in [0.15, 0.2) is 6.10 Å². The maximum Gasteiger partial charge on any atom is 0.338 e. The lowest BCUT2D eigenvalue weighted by molar-refractivity contribution is -0.129. The van der Waals surface area contributed by atoms with Gasteiger partial charge in [-0.3, -0.25) is 4.79 Å². The Bertz CT molecular complexity index is 744. The lowest BCUT2D eigenvalue weighted by Gasteiger charge is -2.14. The number of ether oxygens (including phenoxy) is 1. The van der Waals surface area contributed by atoms with Gasteiger partial charge in [0.2, 0.25) is 0 Å². The Labute approximate surface area is 150 Å². The van der Waals surface area contributed by atoms with E-state index in [1.165, 1.54) is 25.1 Å². The summed E-state index contributed by atoms with van der Waals surface area (Å²) in [5.41, 5.74) is 2.36. The minimum Gasteiger partial charge on any atom is -0.449 e. The van der Waals surface area contributed by atoms with Crippen molar-refractivity contribution in [2.24, 2.45) is 0 Å². The predicted octanol–water partition coefficient (Wildman–Crippen LogP) is 4.16. The van der Waals surface area contributed by atoms with Gasteiger partial charge in [0, 0.05) is 6.54 Å². The summed E-state index contributed by atoms with van der Waals surface area (Å²) in [6.07, 6.45) is -0.919. The maximum absolute atomic E-state index is 12.0. The molecule has 1 amide bonds. The Balaban J connectivity index is 1.89. The summed E-state index contributed by atoms with van der Waals surface area (Å²) in [6.45, 7) is 3.88. The van der Waals surface area contributed by atoms with Crippen LogP contribution in [-0.4, -0.2) is 18.0 Å². The van der Waals surface area contributed by atoms with Gasteiger partial charge in [-0.25, -0.2) is 4.79 Å². The normalized spacial score (nSPS) is 11.7. The van der Waals surface area contributed by atoms with Crippen molar-refractivity contribution in [3.8, 4) is 0 Å². The maximum atomic E-state index is 12.0. The van der Waals surface area contributed by atoms with Crippen molar-refractivity contribution < 1.29 is 14.3 Å². The van der Waals surface area contributed by atoms with Crippen LogP contribution in [0.4, 0.5) is 0 Å². The van der Waals surface area contributed by atoms with Crippen molar-refractivity contribution in [2.75, 3.05) is 0 Å². The number of halogens is 2. The molecule has 126 valence electrons. The lowest BCUT2D eigenvalue weighted by Crippen LogP contribution is -2.35. The van der Waals surface area contributed by atoms with Gasteiger partial charge >= 0.3 is 5.97 Å². The van der Waals surface area contributed by atoms with E-state index in [1.807, 2.05) is 31.2 Å². The fraction of sp³-hybridized carbons (Fsp3) is 0.222. The molecule has 0 aliphatic heterocycles. The largest absolute Gasteiger partial charge is 0.449 e. The van der Waals surface area contributed by atoms with Crippen LogP contribution in [0.15, 0.2) is 42.5 Å². The lowest BCUT2D eigenvalue weighted by atomic mass is 10.1. The Morgan fingerprint density at radius 2 is 1.75 bits per heavy atom. The smallest absolute Gasteiger partial charge is 0.338 e. The highest BCUT2D eigenvalue weighted by Crippen LogP contribution is 2.23. The summed E-state index contributed by atoms with van der Waals surface area (Å²) in [5.74, 6) is -1.00. The van der Waals surface area contributed by atoms with Gasteiger partial charge in [0.05, 0.1) is 15.6 Å². The highest BCUT2D eigenvalue weighted by Gasteiger charge is 2.19. The summed E-state index contributed by atoms with van der Waals surface area (Å²) in [6, 6.07) is 12.2. The molecule has 0 heterocycles. The monoisotopic (exact) mass is 365 g/mol. The molecule has 0 radical (unpaired) electrons. The van der Waals surface area contributed by atoms with E-state index in [0.717, 1.165) is 11.1 Å². The Morgan fingerprint density at radius 1 is 1.08 bits per heavy atom. The topological polar surface area (TPSA) is 55.4 Å². The van der Waals surface area contributed by atoms with Gasteiger partial charge in [0.1, 0.15) is 0 Å². The fourth-order valence-corrected chi connectivity index (χ4v) is 2.24. The quantitative estimate of drug-likeness (QED) is 0.809. The molecular weight excluding hydrogens is 349 g/mol. The molecule has 0 unspecified atom stereocenters. The number of carbonyl (C=O) groups is 2. The van der Waals surface area contributed by atoms with Crippen molar-refractivity contribution in [3.05, 3.63) is 69.2 Å². The molecule has 0 saturated carbocycles. The third-order valence-electron chi connectivity index (χ3n) is 3.40. The average Bonchev–Trinajstić information content (AvgIpc) is 2.56. The minimum absolute atomic E-state index is 0.239. The third kappa shape index (κ3) is 4.98. The molecule has 24 heavy (non-hydrogen) atoms. The molecule has 0 fully saturated rings. The van der Waals surface area contributed by atoms with Gasteiger partial charge in [0.25, 0.3) is 5.91 Å². The number of carbonyl (C=O) groups excluding carboxylic acids is 2. The molecule has 2 rings (SSSR count). The van der Waals surface area contributed by atoms with Crippen LogP contribution in [0.5, 0.6) is 0 Å². The fourth-order valence-electron chi connectivity index (χ4n) is 1.94. The van der Waals surface area contributed by atoms with E-state index in [1.54, 1.807) is 0 Å². The van der Waals surface area contributed by atoms with Crippen LogP contribution in [0.3, 0.4) is 0 Å². The third-order valence-corrected chi connectivity index (χ3v) is 4.13. The highest BCUT2D eigenvalue weighted by molar-refractivity contribution is 6.42. The second-order valence-electron chi connectivity index (χ2n) is 5.38. The van der Waals surface area contributed by atoms with Crippen LogP contribution in [-0.2, 0) is 16.1 Å². The number of amides is 1. The minimum atomic E-state index is -0.919. The second-order valence-corrected chi connectivity index (χ2v) is 6.19. The van der Waals surface area contributed by atoms with Gasteiger partial charge in [-0.1, -0.05) is 53.0 Å². The molecular formula is C18H17Cl2NO3. The Morgan fingerprint density at radius 3 is 2.38 bits per heavy atom. The molecule has 1 atom stereocenters. The first-order valence-corrected chi connectivity index (χ1v) is 8.11. The number of esters is 1. The molecule has 0 aliphatic carbocycles. The number of hydrogen-bond acceptors (Lipinski definition) is 3. The number of aryl methyl sites for hydroxylation is 1. The van der Waals surface area contributed by atoms with Crippen LogP contribution < -0.4 is 5.32 Å². The van der Waals surface area contributed by atoms with Gasteiger partial charge in [-0.05, 0) is 37.6 Å². The summed E-state index contributed by atoms with van der Waals surface area (Å²) in [7, 11) is 0. The second kappa shape index (κ2) is 8.18. The van der Waals surface area contributed by atoms with E-state index in [2.05, 4.69) is 5.32 Å². The van der Waals surface area contributed by atoms with Crippen LogP contribution >= 0.6 is 23.2 Å². The Kier molecular flexibility index (Phi) is 6.23. The van der Waals surface area contributed by atoms with Crippen molar-refractivity contribution in [1.29, 1.82) is 0 Å². The molecule has 2 aromatic rings. The zero-order valence-corrected chi connectivity index (χ0v) is 14.8. The van der Waals surface area contributed by atoms with E-state index in [-0.39, 0.29) is 16.5 Å². The van der Waals surface area contributed by atoms with E-state index < -0.39 is 12.1 Å². The van der Waals surface area contributed by atoms with Crippen molar-refractivity contribution in [2.45, 2.75) is 26.5 Å². The SMILES string of the molecule is Cc1ccc(CNC(=O)[C@H](C)OC(=O)c2ccc(Cl)c(Cl)c2)cc1. The van der Waals surface area contributed by atoms with Crippen LogP contribution in [0.2, 0.25) is 10.0 Å². The standard InChI is InChI=1S/C18H17Cl2NO3/c1-11-3-5-13(6-4-11)10-21-17(22)12(2)24-18(23)14-7-8-15(19)16(20)9-14/h3-9,12H,10H2,1-2H3,(H,21,22)/t12-/m0/s1. The summed E-state index contributed by atoms with van der Waals surface area (Å²) < 4.78 is 5.15. The number of hydrogen-bond donors (Lipinski definition) is 1. The summed E-state index contributed by atoms with van der Waals surface area (Å²) in [4.78, 5) is 24.1. The summed E-state index contributed by atoms with van der Waals surface area (Å²) >= 11 is 11.7. The molecule has 1 N–H and O–H groups in total. The Hall–Kier alpha value is -2.04. The van der Waals surface area contributed by atoms with Crippen molar-refractivity contribution in [1.82, 2.24) is 5.32 Å². The van der Waals surface area contributed by atoms with E-state index in [4.69, 9.17) is 27.9 Å². The number of rotatable bonds is 5. The van der Waals surface area contributed by atoms with E-state index in [9.17, 15) is 9.59 Å². The van der Waals surface area contributed by atoms with Crippen LogP contribution in [0, 0.1) is 6.92 Å². The first-order chi connectivity index (χ1) is 11.4. The first kappa shape index (κ1) is 18.3. The van der Waals surface area contributed by atoms with Crippen molar-refractivity contribution in [3.63, 3.8) is 0 Å². The van der Waals surface area contributed by atoms with Gasteiger partial charge in [-0.2, -0.15) is 0 Å². The number of nitrogens with one attached hydrogen (secondary N) is 1. The molecule has 6 heteroatoms. The zero-order valence-electron chi connectivity index (χ0n) is 13.3. The molecule has 0 bridgehead atoms. The van der Waals surface area contributed by atoms with Gasteiger partial charge < -0.3 is 10.1 Å². The number of benzene rings is 2. The summed E-state index contributed by atoms with van der Waals surface area (Å²) in [5, 5.41) is 3.33. The van der Waals surface area contributed by atoms with Crippen LogP contribution in [0.1, 0.15) is 28.4 Å². The zero-order chi connectivity index (χ0) is 17.7. The van der Waals surface area contributed by atoms with Crippen molar-refractivity contribution >= 4 is 35.1 Å². The molecule has 2 aromatic carbocycles. The predicted molar refractivity (Wildman–Crippen MR) is 94.4 cm³/mol. The van der Waals surface area contributed by atoms with Crippen LogP contribution in [0.25, 0.3) is 0 Å². The molecule has 0 aliphatic rings.